The number of benzene rings is 3. The first-order valence-corrected chi connectivity index (χ1v) is 15.1. The minimum Gasteiger partial charge on any atom is -0.507 e. The number of unbranched alkanes of at least 4 members (excludes halogenated alkanes) is 1. The lowest BCUT2D eigenvalue weighted by Crippen LogP contribution is -2.29. The molecule has 1 aliphatic rings. The number of anilines is 1. The van der Waals surface area contributed by atoms with Gasteiger partial charge in [-0.25, -0.2) is 4.39 Å². The van der Waals surface area contributed by atoms with Crippen LogP contribution in [0.4, 0.5) is 9.52 Å². The summed E-state index contributed by atoms with van der Waals surface area (Å²) in [7, 11) is 1.50. The number of hydrogen-bond donors (Lipinski definition) is 1. The zero-order valence-corrected chi connectivity index (χ0v) is 24.6. The van der Waals surface area contributed by atoms with Gasteiger partial charge in [0.25, 0.3) is 5.78 Å². The summed E-state index contributed by atoms with van der Waals surface area (Å²) >= 11 is 2.64. The Labute approximate surface area is 250 Å². The van der Waals surface area contributed by atoms with Crippen LogP contribution in [0.15, 0.2) is 82.7 Å². The number of amides is 1. The number of Topliss-reactive ketones (excluding diaryl/α,β-unsaturated/α-hetero) is 1. The molecule has 2 heterocycles. The van der Waals surface area contributed by atoms with Crippen molar-refractivity contribution in [3.63, 3.8) is 0 Å². The van der Waals surface area contributed by atoms with Crippen LogP contribution in [0, 0.1) is 5.82 Å². The molecule has 5 rings (SSSR count). The van der Waals surface area contributed by atoms with Crippen LogP contribution in [0.2, 0.25) is 0 Å². The molecule has 0 spiro atoms. The third-order valence-corrected chi connectivity index (χ3v) is 8.75. The first-order chi connectivity index (χ1) is 20.4. The highest BCUT2D eigenvalue weighted by Crippen LogP contribution is 2.45. The maximum absolute atomic E-state index is 13.6. The molecule has 1 fully saturated rings. The summed E-state index contributed by atoms with van der Waals surface area (Å²) in [5.41, 5.74) is 1.64. The third-order valence-electron chi connectivity index (χ3n) is 6.63. The van der Waals surface area contributed by atoms with Gasteiger partial charge in [0.05, 0.1) is 25.3 Å². The molecule has 1 amide bonds. The lowest BCUT2D eigenvalue weighted by atomic mass is 9.95. The molecule has 1 aromatic heterocycles. The summed E-state index contributed by atoms with van der Waals surface area (Å²) < 4.78 is 25.7. The summed E-state index contributed by atoms with van der Waals surface area (Å²) in [4.78, 5) is 28.2. The van der Waals surface area contributed by atoms with Crippen molar-refractivity contribution in [2.75, 3.05) is 18.6 Å². The number of rotatable bonds is 11. The summed E-state index contributed by atoms with van der Waals surface area (Å²) in [6.45, 7) is 2.57. The van der Waals surface area contributed by atoms with Gasteiger partial charge in [0.2, 0.25) is 5.13 Å². The number of halogens is 1. The van der Waals surface area contributed by atoms with Gasteiger partial charge < -0.3 is 14.6 Å². The highest BCUT2D eigenvalue weighted by Gasteiger charge is 2.48. The molecule has 8 nitrogen and oxygen atoms in total. The molecule has 11 heteroatoms. The van der Waals surface area contributed by atoms with E-state index in [-0.39, 0.29) is 16.3 Å². The van der Waals surface area contributed by atoms with Gasteiger partial charge in [0.1, 0.15) is 11.6 Å². The smallest absolute Gasteiger partial charge is 0.301 e. The zero-order valence-electron chi connectivity index (χ0n) is 23.0. The summed E-state index contributed by atoms with van der Waals surface area (Å²) in [5.74, 6) is -1.10. The Bertz CT molecular complexity index is 1610. The number of aromatic nitrogens is 2. The molecule has 1 aliphatic heterocycles. The molecule has 0 saturated carbocycles. The molecule has 0 aliphatic carbocycles. The fourth-order valence-corrected chi connectivity index (χ4v) is 6.31. The Hall–Kier alpha value is -4.22. The number of aliphatic hydroxyl groups is 1. The molecular weight excluding hydrogens is 577 g/mol. The largest absolute Gasteiger partial charge is 0.507 e. The van der Waals surface area contributed by atoms with Crippen molar-refractivity contribution in [2.24, 2.45) is 0 Å². The molecule has 216 valence electrons. The quantitative estimate of drug-likeness (QED) is 0.0499. The molecule has 0 bridgehead atoms. The van der Waals surface area contributed by atoms with Crippen molar-refractivity contribution in [3.05, 3.63) is 101 Å². The molecular formula is C31H28FN3O5S2. The summed E-state index contributed by atoms with van der Waals surface area (Å²) in [6, 6.07) is 19.0. The van der Waals surface area contributed by atoms with Crippen LogP contribution in [0.5, 0.6) is 11.5 Å². The monoisotopic (exact) mass is 605 g/mol. The number of hydrogen-bond acceptors (Lipinski definition) is 9. The first-order valence-electron chi connectivity index (χ1n) is 13.3. The lowest BCUT2D eigenvalue weighted by Gasteiger charge is -2.23. The van der Waals surface area contributed by atoms with Gasteiger partial charge in [-0.05, 0) is 53.9 Å². The molecule has 42 heavy (non-hydrogen) atoms. The van der Waals surface area contributed by atoms with Gasteiger partial charge in [-0.3, -0.25) is 14.5 Å². The van der Waals surface area contributed by atoms with E-state index in [4.69, 9.17) is 9.47 Å². The van der Waals surface area contributed by atoms with Crippen molar-refractivity contribution in [2.45, 2.75) is 35.9 Å². The maximum Gasteiger partial charge on any atom is 0.301 e. The number of ketones is 1. The maximum atomic E-state index is 13.6. The Balaban J connectivity index is 1.56. The van der Waals surface area contributed by atoms with Crippen LogP contribution >= 0.6 is 23.1 Å². The average Bonchev–Trinajstić information content (AvgIpc) is 3.58. The molecule has 1 saturated heterocycles. The van der Waals surface area contributed by atoms with E-state index < -0.39 is 29.3 Å². The third kappa shape index (κ3) is 6.17. The van der Waals surface area contributed by atoms with Crippen molar-refractivity contribution in [1.29, 1.82) is 0 Å². The van der Waals surface area contributed by atoms with Crippen molar-refractivity contribution >= 4 is 45.7 Å². The highest BCUT2D eigenvalue weighted by molar-refractivity contribution is 8.00. The predicted molar refractivity (Wildman–Crippen MR) is 160 cm³/mol. The standard InChI is InChI=1S/C31H28FN3O5S2/c1-3-4-16-40-23-15-12-21(17-24(23)39-2)26-25(27(36)20-10-13-22(32)14-11-20)28(37)29(38)35(26)30-33-34-31(42-30)41-18-19-8-6-5-7-9-19/h5-15,17,26,36H,3-4,16,18H2,1-2H3/b27-25-. The number of ether oxygens (including phenoxy) is 2. The molecule has 4 aromatic rings. The van der Waals surface area contributed by atoms with Crippen LogP contribution < -0.4 is 14.4 Å². The number of methoxy groups -OCH3 is 1. The van der Waals surface area contributed by atoms with Crippen LogP contribution in [0.3, 0.4) is 0 Å². The van der Waals surface area contributed by atoms with Crippen molar-refractivity contribution in [1.82, 2.24) is 10.2 Å². The Morgan fingerprint density at radius 1 is 1.05 bits per heavy atom. The first kappa shape index (κ1) is 29.3. The second-order valence-electron chi connectivity index (χ2n) is 9.41. The van der Waals surface area contributed by atoms with E-state index in [2.05, 4.69) is 17.1 Å². The number of aliphatic hydroxyl groups excluding tert-OH is 1. The second kappa shape index (κ2) is 13.2. The van der Waals surface area contributed by atoms with Crippen molar-refractivity contribution in [3.8, 4) is 11.5 Å². The molecule has 3 aromatic carbocycles. The summed E-state index contributed by atoms with van der Waals surface area (Å²) in [5, 5.41) is 20.0. The zero-order chi connectivity index (χ0) is 29.6. The topological polar surface area (TPSA) is 102 Å². The minimum absolute atomic E-state index is 0.151. The van der Waals surface area contributed by atoms with Gasteiger partial charge in [-0.2, -0.15) is 0 Å². The number of carbonyl (C=O) groups excluding carboxylic acids is 2. The molecule has 1 unspecified atom stereocenters. The van der Waals surface area contributed by atoms with Crippen LogP contribution in [0.1, 0.15) is 42.5 Å². The van der Waals surface area contributed by atoms with Crippen LogP contribution in [0.25, 0.3) is 5.76 Å². The van der Waals surface area contributed by atoms with E-state index in [9.17, 15) is 19.1 Å². The van der Waals surface area contributed by atoms with E-state index in [1.807, 2.05) is 30.3 Å². The minimum atomic E-state index is -1.05. The Morgan fingerprint density at radius 3 is 2.52 bits per heavy atom. The average molecular weight is 606 g/mol. The normalized spacial score (nSPS) is 16.2. The van der Waals surface area contributed by atoms with E-state index in [1.165, 1.54) is 59.4 Å². The molecule has 1 N–H and O–H groups in total. The Kier molecular flexibility index (Phi) is 9.19. The van der Waals surface area contributed by atoms with Gasteiger partial charge in [-0.1, -0.05) is 72.8 Å². The van der Waals surface area contributed by atoms with E-state index >= 15 is 0 Å². The lowest BCUT2D eigenvalue weighted by molar-refractivity contribution is -0.132. The van der Waals surface area contributed by atoms with Gasteiger partial charge in [-0.15, -0.1) is 10.2 Å². The predicted octanol–water partition coefficient (Wildman–Crippen LogP) is 6.78. The van der Waals surface area contributed by atoms with Gasteiger partial charge >= 0.3 is 5.91 Å². The summed E-state index contributed by atoms with van der Waals surface area (Å²) in [6.07, 6.45) is 1.83. The molecule has 1 atom stereocenters. The van der Waals surface area contributed by atoms with Crippen LogP contribution in [-0.2, 0) is 15.3 Å². The number of nitrogens with zero attached hydrogens (tertiary/aromatic N) is 3. The van der Waals surface area contributed by atoms with Gasteiger partial charge in [0, 0.05) is 11.3 Å². The van der Waals surface area contributed by atoms with E-state index in [1.54, 1.807) is 18.2 Å². The van der Waals surface area contributed by atoms with Gasteiger partial charge in [0.15, 0.2) is 15.8 Å². The highest BCUT2D eigenvalue weighted by atomic mass is 32.2. The van der Waals surface area contributed by atoms with E-state index in [0.29, 0.717) is 33.8 Å². The second-order valence-corrected chi connectivity index (χ2v) is 11.6. The van der Waals surface area contributed by atoms with Crippen molar-refractivity contribution < 1.29 is 28.6 Å². The fraction of sp³-hybridized carbons (Fsp3) is 0.226. The number of thioether (sulfide) groups is 1. The number of carbonyl (C=O) groups is 2. The van der Waals surface area contributed by atoms with Crippen LogP contribution in [-0.4, -0.2) is 40.7 Å². The Morgan fingerprint density at radius 2 is 1.81 bits per heavy atom. The SMILES string of the molecule is CCCCOc1ccc(C2/C(=C(/O)c3ccc(F)cc3)C(=O)C(=O)N2c2nnc(SCc3ccccc3)s2)cc1OC. The fourth-order valence-electron chi connectivity index (χ4n) is 4.49. The molecule has 0 radical (unpaired) electrons. The van der Waals surface area contributed by atoms with E-state index in [0.717, 1.165) is 18.4 Å².